The van der Waals surface area contributed by atoms with E-state index in [4.69, 9.17) is 0 Å². The van der Waals surface area contributed by atoms with Crippen molar-refractivity contribution in [3.05, 3.63) is 0 Å². The maximum Gasteiger partial charge on any atom is 0.0729 e. The van der Waals surface area contributed by atoms with Gasteiger partial charge in [0.1, 0.15) is 0 Å². The van der Waals surface area contributed by atoms with Crippen molar-refractivity contribution in [2.75, 3.05) is 6.54 Å². The van der Waals surface area contributed by atoms with E-state index in [1.807, 2.05) is 13.8 Å². The van der Waals surface area contributed by atoms with Crippen LogP contribution in [0.1, 0.15) is 13.8 Å². The quantitative estimate of drug-likeness (QED) is 0.484. The van der Waals surface area contributed by atoms with Crippen LogP contribution in [0.3, 0.4) is 0 Å². The molecule has 1 N–H and O–H groups in total. The molecule has 0 aromatic carbocycles. The molecule has 0 saturated carbocycles. The van der Waals surface area contributed by atoms with Gasteiger partial charge in [-0.2, -0.15) is 0 Å². The number of nitrogens with zero attached hydrogens (tertiary/aromatic N) is 1. The summed E-state index contributed by atoms with van der Waals surface area (Å²) in [6.07, 6.45) is 1.65. The standard InChI is InChI=1S/C2H4N2O.C2H6/c1-2-4-5-3-1;1-2/h1,4H,2H2;1-2H3. The lowest BCUT2D eigenvalue weighted by Gasteiger charge is -1.78. The van der Waals surface area contributed by atoms with Crippen molar-refractivity contribution >= 4 is 6.21 Å². The Hall–Kier alpha value is -0.570. The van der Waals surface area contributed by atoms with Gasteiger partial charge in [-0.25, -0.2) is 0 Å². The SMILES string of the molecule is C1=NONC1.CC. The average molecular weight is 102 g/mol. The lowest BCUT2D eigenvalue weighted by molar-refractivity contribution is 0.0777. The predicted octanol–water partition coefficient (Wildman–Crippen LogP) is 0.533. The Kier molecular flexibility index (Phi) is 4.99. The van der Waals surface area contributed by atoms with Crippen LogP contribution in [0.5, 0.6) is 0 Å². The molecule has 0 radical (unpaired) electrons. The molecule has 0 unspecified atom stereocenters. The first-order chi connectivity index (χ1) is 3.50. The molecule has 0 saturated heterocycles. The third-order valence-electron chi connectivity index (χ3n) is 0.366. The number of rotatable bonds is 0. The zero-order chi connectivity index (χ0) is 5.54. The summed E-state index contributed by atoms with van der Waals surface area (Å²) in [6.45, 7) is 4.74. The molecule has 0 amide bonds. The van der Waals surface area contributed by atoms with Gasteiger partial charge in [-0.15, -0.1) is 5.48 Å². The first-order valence-electron chi connectivity index (χ1n) is 2.41. The molecule has 3 heteroatoms. The molecule has 3 nitrogen and oxygen atoms in total. The van der Waals surface area contributed by atoms with Crippen LogP contribution in [0.25, 0.3) is 0 Å². The van der Waals surface area contributed by atoms with Crippen LogP contribution in [0.15, 0.2) is 5.16 Å². The van der Waals surface area contributed by atoms with Crippen LogP contribution in [0, 0.1) is 0 Å². The minimum atomic E-state index is 0.736. The van der Waals surface area contributed by atoms with Crippen LogP contribution in [-0.2, 0) is 4.94 Å². The molecule has 0 aliphatic carbocycles. The molecule has 0 bridgehead atoms. The highest BCUT2D eigenvalue weighted by Crippen LogP contribution is 1.70. The predicted molar refractivity (Wildman–Crippen MR) is 28.9 cm³/mol. The molecule has 1 aliphatic rings. The van der Waals surface area contributed by atoms with Gasteiger partial charge in [-0.1, -0.05) is 19.0 Å². The zero-order valence-corrected chi connectivity index (χ0v) is 4.64. The Morgan fingerprint density at radius 3 is 2.57 bits per heavy atom. The third kappa shape index (κ3) is 3.26. The second kappa shape index (κ2) is 5.43. The van der Waals surface area contributed by atoms with Crippen LogP contribution >= 0.6 is 0 Å². The fraction of sp³-hybridized carbons (Fsp3) is 0.750. The van der Waals surface area contributed by atoms with Crippen molar-refractivity contribution in [2.24, 2.45) is 5.16 Å². The number of oxime groups is 1. The summed E-state index contributed by atoms with van der Waals surface area (Å²) in [4.78, 5) is 4.26. The lowest BCUT2D eigenvalue weighted by atomic mass is 10.8. The molecule has 1 heterocycles. The molecule has 0 aromatic heterocycles. The first kappa shape index (κ1) is 6.43. The molecule has 1 aliphatic heterocycles. The normalized spacial score (nSPS) is 14.6. The van der Waals surface area contributed by atoms with Crippen molar-refractivity contribution in [1.82, 2.24) is 5.48 Å². The maximum absolute atomic E-state index is 4.26. The second-order valence-electron chi connectivity index (χ2n) is 0.728. The van der Waals surface area contributed by atoms with E-state index in [0.717, 1.165) is 6.54 Å². The number of nitrogens with one attached hydrogen (secondary N) is 1. The van der Waals surface area contributed by atoms with E-state index >= 15 is 0 Å². The highest BCUT2D eigenvalue weighted by molar-refractivity contribution is 5.59. The highest BCUT2D eigenvalue weighted by atomic mass is 16.8. The van der Waals surface area contributed by atoms with Gasteiger partial charge in [-0.05, 0) is 0 Å². The van der Waals surface area contributed by atoms with Gasteiger partial charge in [0.15, 0.2) is 0 Å². The van der Waals surface area contributed by atoms with Crippen molar-refractivity contribution in [3.63, 3.8) is 0 Å². The lowest BCUT2D eigenvalue weighted by Crippen LogP contribution is -2.04. The van der Waals surface area contributed by atoms with Gasteiger partial charge in [0, 0.05) is 0 Å². The minimum absolute atomic E-state index is 0.736. The summed E-state index contributed by atoms with van der Waals surface area (Å²) in [7, 11) is 0. The van der Waals surface area contributed by atoms with Gasteiger partial charge in [0.05, 0.1) is 12.8 Å². The monoisotopic (exact) mass is 102 g/mol. The van der Waals surface area contributed by atoms with Crippen LogP contribution < -0.4 is 5.48 Å². The van der Waals surface area contributed by atoms with Gasteiger partial charge in [0.2, 0.25) is 0 Å². The Morgan fingerprint density at radius 1 is 1.71 bits per heavy atom. The summed E-state index contributed by atoms with van der Waals surface area (Å²) in [5, 5.41) is 3.35. The molecule has 0 aromatic rings. The molecule has 1 rings (SSSR count). The summed E-state index contributed by atoms with van der Waals surface area (Å²) in [5.41, 5.74) is 2.50. The molecule has 0 spiro atoms. The summed E-state index contributed by atoms with van der Waals surface area (Å²) < 4.78 is 0. The molecular formula is C4H10N2O. The smallest absolute Gasteiger partial charge is 0.0729 e. The molecule has 0 fully saturated rings. The molecule has 42 valence electrons. The van der Waals surface area contributed by atoms with E-state index < -0.39 is 0 Å². The fourth-order valence-electron chi connectivity index (χ4n) is 0.186. The first-order valence-corrected chi connectivity index (χ1v) is 2.41. The van der Waals surface area contributed by atoms with Crippen LogP contribution in [0.2, 0.25) is 0 Å². The van der Waals surface area contributed by atoms with Crippen molar-refractivity contribution < 1.29 is 4.94 Å². The van der Waals surface area contributed by atoms with E-state index in [-0.39, 0.29) is 0 Å². The fourth-order valence-corrected chi connectivity index (χ4v) is 0.186. The Morgan fingerprint density at radius 2 is 2.43 bits per heavy atom. The molecule has 7 heavy (non-hydrogen) atoms. The van der Waals surface area contributed by atoms with Crippen molar-refractivity contribution in [2.45, 2.75) is 13.8 Å². The largest absolute Gasteiger partial charge is 0.300 e. The van der Waals surface area contributed by atoms with Gasteiger partial charge in [0.25, 0.3) is 0 Å². The van der Waals surface area contributed by atoms with Crippen molar-refractivity contribution in [1.29, 1.82) is 0 Å². The zero-order valence-electron chi connectivity index (χ0n) is 4.64. The van der Waals surface area contributed by atoms with Crippen molar-refractivity contribution in [3.8, 4) is 0 Å². The van der Waals surface area contributed by atoms with Gasteiger partial charge >= 0.3 is 0 Å². The topological polar surface area (TPSA) is 33.6 Å². The van der Waals surface area contributed by atoms with E-state index in [1.54, 1.807) is 6.21 Å². The van der Waals surface area contributed by atoms with E-state index in [2.05, 4.69) is 15.6 Å². The second-order valence-corrected chi connectivity index (χ2v) is 0.728. The van der Waals surface area contributed by atoms with Gasteiger partial charge < -0.3 is 0 Å². The van der Waals surface area contributed by atoms with Crippen LogP contribution in [-0.4, -0.2) is 12.8 Å². The molecular weight excluding hydrogens is 92.1 g/mol. The van der Waals surface area contributed by atoms with Gasteiger partial charge in [-0.3, -0.25) is 4.94 Å². The number of hydroxylamine groups is 1. The van der Waals surface area contributed by atoms with E-state index in [0.29, 0.717) is 0 Å². The Labute approximate surface area is 43.3 Å². The van der Waals surface area contributed by atoms with Crippen LogP contribution in [0.4, 0.5) is 0 Å². The van der Waals surface area contributed by atoms with E-state index in [9.17, 15) is 0 Å². The minimum Gasteiger partial charge on any atom is -0.300 e. The number of hydrogen-bond acceptors (Lipinski definition) is 3. The highest BCUT2D eigenvalue weighted by Gasteiger charge is 1.83. The Balaban J connectivity index is 0.000000162. The summed E-state index contributed by atoms with van der Waals surface area (Å²) in [6, 6.07) is 0. The summed E-state index contributed by atoms with van der Waals surface area (Å²) in [5.74, 6) is 0. The Bertz CT molecular complexity index is 47.7. The third-order valence-corrected chi connectivity index (χ3v) is 0.366. The summed E-state index contributed by atoms with van der Waals surface area (Å²) >= 11 is 0. The number of hydrogen-bond donors (Lipinski definition) is 1. The maximum atomic E-state index is 4.26. The molecule has 0 atom stereocenters. The average Bonchev–Trinajstić information content (AvgIpc) is 2.23. The van der Waals surface area contributed by atoms with E-state index in [1.165, 1.54) is 0 Å².